The molecular weight excluding hydrogens is 634 g/mol. The molecule has 0 aliphatic heterocycles. The van der Waals surface area contributed by atoms with Gasteiger partial charge in [-0.2, -0.15) is 0 Å². The number of benzene rings is 1. The van der Waals surface area contributed by atoms with Crippen LogP contribution in [0.4, 0.5) is 4.79 Å². The van der Waals surface area contributed by atoms with Crippen LogP contribution in [0.5, 0.6) is 5.75 Å². The molecule has 0 bridgehead atoms. The van der Waals surface area contributed by atoms with Crippen molar-refractivity contribution in [1.82, 2.24) is 15.3 Å². The quantitative estimate of drug-likeness (QED) is 0.226. The Labute approximate surface area is 238 Å². The fraction of sp³-hybridized carbons (Fsp3) is 0.158. The molecule has 3 rings (SSSR count). The Balaban J connectivity index is 0.000000307. The number of halogens is 8. The number of aromatic hydroxyl groups is 1. The van der Waals surface area contributed by atoms with Crippen LogP contribution in [0.25, 0.3) is 10.9 Å². The molecule has 0 aliphatic carbocycles. The zero-order valence-corrected chi connectivity index (χ0v) is 22.8. The van der Waals surface area contributed by atoms with Crippen LogP contribution < -0.4 is 5.32 Å². The minimum atomic E-state index is -2.24. The Morgan fingerprint density at radius 2 is 1.60 bits per heavy atom. The lowest BCUT2D eigenvalue weighted by atomic mass is 10.2. The van der Waals surface area contributed by atoms with Gasteiger partial charge in [-0.15, -0.1) is 0 Å². The summed E-state index contributed by atoms with van der Waals surface area (Å²) in [7, 11) is 0. The van der Waals surface area contributed by atoms with Crippen molar-refractivity contribution in [3.05, 3.63) is 64.0 Å². The van der Waals surface area contributed by atoms with Crippen LogP contribution in [0.1, 0.15) is 16.1 Å². The Bertz CT molecular complexity index is 1200. The average Bonchev–Trinajstić information content (AvgIpc) is 2.72. The highest BCUT2D eigenvalue weighted by Crippen LogP contribution is 2.32. The number of ether oxygens (including phenoxy) is 2. The monoisotopic (exact) mass is 641 g/mol. The van der Waals surface area contributed by atoms with E-state index in [1.165, 1.54) is 12.4 Å². The number of nitrogens with zero attached hydrogens (tertiary/aromatic N) is 2. The van der Waals surface area contributed by atoms with E-state index in [9.17, 15) is 14.7 Å². The molecule has 0 radical (unpaired) electrons. The number of hydrogen-bond donors (Lipinski definition) is 2. The summed E-state index contributed by atoms with van der Waals surface area (Å²) in [5, 5.41) is 14.5. The maximum atomic E-state index is 12.2. The van der Waals surface area contributed by atoms with Gasteiger partial charge >= 0.3 is 14.1 Å². The Morgan fingerprint density at radius 3 is 2.20 bits per heavy atom. The maximum absolute atomic E-state index is 12.2. The van der Waals surface area contributed by atoms with Gasteiger partial charge in [0.1, 0.15) is 5.52 Å². The first kappa shape index (κ1) is 29.9. The topological polar surface area (TPSA) is 111 Å². The number of nitrogens with one attached hydrogen (secondary N) is 1. The first-order valence-electron chi connectivity index (χ1n) is 8.86. The molecule has 0 fully saturated rings. The van der Waals surface area contributed by atoms with Crippen LogP contribution in [0.2, 0.25) is 10.0 Å². The molecule has 0 saturated carbocycles. The van der Waals surface area contributed by atoms with Crippen LogP contribution >= 0.6 is 92.8 Å². The molecule has 1 aromatic carbocycles. The number of carbonyl (C=O) groups is 2. The summed E-state index contributed by atoms with van der Waals surface area (Å²) in [5.74, 6) is -0.774. The number of hydrogen-bond acceptors (Lipinski definition) is 7. The fourth-order valence-corrected chi connectivity index (χ4v) is 3.10. The molecule has 8 nitrogen and oxygen atoms in total. The van der Waals surface area contributed by atoms with E-state index in [0.29, 0.717) is 26.5 Å². The Kier molecular flexibility index (Phi) is 10.9. The lowest BCUT2D eigenvalue weighted by molar-refractivity contribution is 0.0508. The van der Waals surface area contributed by atoms with Gasteiger partial charge in [0, 0.05) is 34.4 Å². The van der Waals surface area contributed by atoms with Crippen molar-refractivity contribution in [3.63, 3.8) is 0 Å². The van der Waals surface area contributed by atoms with E-state index in [4.69, 9.17) is 92.8 Å². The SMILES string of the molecule is O=C(NCc1cc(Cl)ccc1Cl)c1ncc2cccnc2c1O.O=C(OC(Cl)(Cl)Cl)OC(Cl)(Cl)Cl. The molecule has 2 N–H and O–H groups in total. The number of rotatable bonds is 3. The summed E-state index contributed by atoms with van der Waals surface area (Å²) in [6.07, 6.45) is 1.62. The summed E-state index contributed by atoms with van der Waals surface area (Å²) < 4.78 is 3.50. The summed E-state index contributed by atoms with van der Waals surface area (Å²) in [6, 6.07) is 8.46. The van der Waals surface area contributed by atoms with E-state index < -0.39 is 20.0 Å². The van der Waals surface area contributed by atoms with Gasteiger partial charge < -0.3 is 19.9 Å². The van der Waals surface area contributed by atoms with Gasteiger partial charge in [0.15, 0.2) is 11.4 Å². The van der Waals surface area contributed by atoms with Gasteiger partial charge in [0.05, 0.1) is 0 Å². The fourth-order valence-electron chi connectivity index (χ4n) is 2.34. The smallest absolute Gasteiger partial charge is 0.504 e. The zero-order valence-electron chi connectivity index (χ0n) is 16.7. The standard InChI is InChI=1S/C16H11Cl2N3O2.C3Cl6O3/c17-11-3-4-12(18)10(6-11)8-21-16(23)14-15(22)13-9(7-20-14)2-1-5-19-13;4-2(5,6)11-1(10)12-3(7,8)9/h1-7,22H,8H2,(H,21,23);. The van der Waals surface area contributed by atoms with Gasteiger partial charge in [0.25, 0.3) is 5.91 Å². The van der Waals surface area contributed by atoms with E-state index in [1.54, 1.807) is 30.3 Å². The lowest BCUT2D eigenvalue weighted by Gasteiger charge is -2.15. The van der Waals surface area contributed by atoms with Gasteiger partial charge in [-0.1, -0.05) is 23.2 Å². The van der Waals surface area contributed by atoms with E-state index in [1.807, 2.05) is 0 Å². The summed E-state index contributed by atoms with van der Waals surface area (Å²) in [5.41, 5.74) is 0.911. The lowest BCUT2D eigenvalue weighted by Crippen LogP contribution is -2.24. The van der Waals surface area contributed by atoms with Crippen LogP contribution in [0.3, 0.4) is 0 Å². The van der Waals surface area contributed by atoms with Gasteiger partial charge in [-0.05, 0) is 106 Å². The number of carbonyl (C=O) groups excluding carboxylic acids is 2. The molecule has 0 spiro atoms. The third kappa shape index (κ3) is 10.3. The van der Waals surface area contributed by atoms with Crippen molar-refractivity contribution in [2.24, 2.45) is 0 Å². The number of amides is 1. The van der Waals surface area contributed by atoms with Crippen molar-refractivity contribution in [2.75, 3.05) is 0 Å². The highest BCUT2D eigenvalue weighted by atomic mass is 35.6. The second-order valence-corrected chi connectivity index (χ2v) is 11.4. The highest BCUT2D eigenvalue weighted by Gasteiger charge is 2.32. The van der Waals surface area contributed by atoms with Crippen molar-refractivity contribution in [3.8, 4) is 5.75 Å². The van der Waals surface area contributed by atoms with Crippen molar-refractivity contribution >= 4 is 116 Å². The minimum absolute atomic E-state index is 0.0886. The molecule has 35 heavy (non-hydrogen) atoms. The molecule has 0 atom stereocenters. The highest BCUT2D eigenvalue weighted by molar-refractivity contribution is 6.67. The number of alkyl halides is 6. The molecule has 188 valence electrons. The summed E-state index contributed by atoms with van der Waals surface area (Å²) >= 11 is 42.2. The molecule has 16 heteroatoms. The largest absolute Gasteiger partial charge is 0.515 e. The van der Waals surface area contributed by atoms with Crippen LogP contribution in [-0.4, -0.2) is 35.1 Å². The number of fused-ring (bicyclic) bond motifs is 1. The summed E-state index contributed by atoms with van der Waals surface area (Å²) in [6.45, 7) is 0.166. The zero-order chi connectivity index (χ0) is 26.4. The Hall–Kier alpha value is -1.36. The predicted molar refractivity (Wildman–Crippen MR) is 137 cm³/mol. The third-order valence-corrected chi connectivity index (χ3v) is 4.75. The van der Waals surface area contributed by atoms with E-state index in [-0.39, 0.29) is 18.0 Å². The molecule has 2 aromatic heterocycles. The molecule has 3 aromatic rings. The summed E-state index contributed by atoms with van der Waals surface area (Å²) in [4.78, 5) is 30.8. The molecule has 1 amide bonds. The normalized spacial score (nSPS) is 11.3. The molecule has 0 saturated heterocycles. The van der Waals surface area contributed by atoms with E-state index in [2.05, 4.69) is 24.8 Å². The van der Waals surface area contributed by atoms with Crippen molar-refractivity contribution < 1.29 is 24.2 Å². The molecular formula is C19H11Cl8N3O5. The maximum Gasteiger partial charge on any atom is 0.515 e. The first-order chi connectivity index (χ1) is 16.2. The van der Waals surface area contributed by atoms with Gasteiger partial charge in [-0.3, -0.25) is 9.78 Å². The second kappa shape index (κ2) is 12.7. The minimum Gasteiger partial charge on any atom is -0.504 e. The first-order valence-corrected chi connectivity index (χ1v) is 11.9. The van der Waals surface area contributed by atoms with Crippen LogP contribution in [0.15, 0.2) is 42.7 Å². The second-order valence-electron chi connectivity index (χ2n) is 6.16. The van der Waals surface area contributed by atoms with Crippen LogP contribution in [0, 0.1) is 0 Å². The van der Waals surface area contributed by atoms with Crippen molar-refractivity contribution in [1.29, 1.82) is 0 Å². The van der Waals surface area contributed by atoms with E-state index in [0.717, 1.165) is 0 Å². The molecule has 0 unspecified atom stereocenters. The number of aromatic nitrogens is 2. The van der Waals surface area contributed by atoms with E-state index >= 15 is 0 Å². The average molecular weight is 645 g/mol. The van der Waals surface area contributed by atoms with Gasteiger partial charge in [0.2, 0.25) is 0 Å². The van der Waals surface area contributed by atoms with Crippen LogP contribution in [-0.2, 0) is 16.0 Å². The Morgan fingerprint density at radius 1 is 0.971 bits per heavy atom. The third-order valence-electron chi connectivity index (χ3n) is 3.68. The molecule has 2 heterocycles. The number of pyridine rings is 2. The predicted octanol–water partition coefficient (Wildman–Crippen LogP) is 7.37. The van der Waals surface area contributed by atoms with Gasteiger partial charge in [-0.25, -0.2) is 9.78 Å². The molecule has 0 aliphatic rings. The van der Waals surface area contributed by atoms with Crippen molar-refractivity contribution in [2.45, 2.75) is 14.5 Å².